The van der Waals surface area contributed by atoms with Crippen molar-refractivity contribution in [3.05, 3.63) is 70.7 Å². The molecule has 1 heterocycles. The molecule has 1 aromatic heterocycles. The van der Waals surface area contributed by atoms with E-state index in [-0.39, 0.29) is 12.0 Å². The lowest BCUT2D eigenvalue weighted by Crippen LogP contribution is -2.07. The number of fused-ring (bicyclic) bond motifs is 1. The Kier molecular flexibility index (Phi) is 7.06. The Hall–Kier alpha value is -2.83. The highest BCUT2D eigenvalue weighted by molar-refractivity contribution is 5.95. The van der Waals surface area contributed by atoms with Crippen molar-refractivity contribution in [2.24, 2.45) is 0 Å². The molecule has 156 valence electrons. The van der Waals surface area contributed by atoms with E-state index in [9.17, 15) is 22.4 Å². The van der Waals surface area contributed by atoms with Gasteiger partial charge in [0, 0.05) is 29.6 Å². The molecule has 0 amide bonds. The zero-order valence-corrected chi connectivity index (χ0v) is 16.7. The van der Waals surface area contributed by atoms with Crippen LogP contribution < -0.4 is 0 Å². The molecule has 0 radical (unpaired) electrons. The molecule has 0 spiro atoms. The number of aromatic nitrogens is 1. The third kappa shape index (κ3) is 4.78. The second kappa shape index (κ2) is 9.11. The summed E-state index contributed by atoms with van der Waals surface area (Å²) >= 11 is 0. The second-order valence-electron chi connectivity index (χ2n) is 6.13. The summed E-state index contributed by atoms with van der Waals surface area (Å²) < 4.78 is 59.0. The third-order valence-corrected chi connectivity index (χ3v) is 4.48. The zero-order chi connectivity index (χ0) is 21.8. The Morgan fingerprint density at radius 2 is 1.76 bits per heavy atom. The van der Waals surface area contributed by atoms with E-state index in [1.165, 1.54) is 7.11 Å². The first-order chi connectivity index (χ1) is 13.7. The van der Waals surface area contributed by atoms with E-state index < -0.39 is 23.5 Å². The van der Waals surface area contributed by atoms with Gasteiger partial charge in [0.2, 0.25) is 0 Å². The van der Waals surface area contributed by atoms with Crippen molar-refractivity contribution < 1.29 is 27.1 Å². The highest BCUT2D eigenvalue weighted by atomic mass is 19.4. The first-order valence-electron chi connectivity index (χ1n) is 9.30. The predicted octanol–water partition coefficient (Wildman–Crippen LogP) is 6.22. The highest BCUT2D eigenvalue weighted by Gasteiger charge is 2.31. The second-order valence-corrected chi connectivity index (χ2v) is 6.13. The van der Waals surface area contributed by atoms with Crippen LogP contribution in [0, 0.1) is 5.82 Å². The molecule has 0 unspecified atom stereocenters. The number of esters is 1. The standard InChI is InChI=1S/C20H17F4NO2.C2H6/c1-3-25-16(9-12-4-6-15(11-17(12)21)20(22,23)24)10-14-8-13(19(26)27-2)5-7-18(14)25;1-2/h4-8,10-11H,3,9H2,1-2H3;1-2H3. The van der Waals surface area contributed by atoms with Crippen LogP contribution in [-0.4, -0.2) is 17.6 Å². The van der Waals surface area contributed by atoms with Crippen LogP contribution in [0.3, 0.4) is 0 Å². The summed E-state index contributed by atoms with van der Waals surface area (Å²) in [6, 6.07) is 9.47. The van der Waals surface area contributed by atoms with Crippen LogP contribution in [0.2, 0.25) is 0 Å². The van der Waals surface area contributed by atoms with Gasteiger partial charge in [0.15, 0.2) is 0 Å². The van der Waals surface area contributed by atoms with Crippen LogP contribution in [0.25, 0.3) is 10.9 Å². The number of alkyl halides is 3. The van der Waals surface area contributed by atoms with Crippen molar-refractivity contribution in [1.82, 2.24) is 4.57 Å². The summed E-state index contributed by atoms with van der Waals surface area (Å²) in [7, 11) is 1.29. The quantitative estimate of drug-likeness (QED) is 0.378. The fourth-order valence-electron chi connectivity index (χ4n) is 3.15. The Morgan fingerprint density at radius 1 is 1.07 bits per heavy atom. The molecule has 0 atom stereocenters. The summed E-state index contributed by atoms with van der Waals surface area (Å²) in [6.45, 7) is 6.51. The van der Waals surface area contributed by atoms with Crippen LogP contribution in [0.5, 0.6) is 0 Å². The van der Waals surface area contributed by atoms with E-state index in [4.69, 9.17) is 4.74 Å². The van der Waals surface area contributed by atoms with E-state index in [0.29, 0.717) is 18.2 Å². The topological polar surface area (TPSA) is 31.2 Å². The van der Waals surface area contributed by atoms with Gasteiger partial charge in [0.05, 0.1) is 18.2 Å². The molecule has 3 aromatic rings. The minimum atomic E-state index is -4.58. The summed E-state index contributed by atoms with van der Waals surface area (Å²) in [6.07, 6.45) is -4.44. The predicted molar refractivity (Wildman–Crippen MR) is 105 cm³/mol. The maximum atomic E-state index is 14.2. The van der Waals surface area contributed by atoms with Gasteiger partial charge in [-0.1, -0.05) is 19.9 Å². The molecule has 0 aliphatic carbocycles. The smallest absolute Gasteiger partial charge is 0.416 e. The zero-order valence-electron chi connectivity index (χ0n) is 16.7. The van der Waals surface area contributed by atoms with Crippen LogP contribution in [-0.2, 0) is 23.9 Å². The van der Waals surface area contributed by atoms with E-state index in [1.54, 1.807) is 18.2 Å². The molecule has 0 N–H and O–H groups in total. The lowest BCUT2D eigenvalue weighted by Gasteiger charge is -2.11. The van der Waals surface area contributed by atoms with Gasteiger partial charge in [-0.3, -0.25) is 0 Å². The van der Waals surface area contributed by atoms with Gasteiger partial charge in [0.25, 0.3) is 0 Å². The van der Waals surface area contributed by atoms with Crippen LogP contribution >= 0.6 is 0 Å². The Bertz CT molecular complexity index is 1010. The van der Waals surface area contributed by atoms with Crippen molar-refractivity contribution in [3.63, 3.8) is 0 Å². The monoisotopic (exact) mass is 409 g/mol. The molecular formula is C22H23F4NO2. The number of nitrogens with zero attached hydrogens (tertiary/aromatic N) is 1. The van der Waals surface area contributed by atoms with Crippen LogP contribution in [0.4, 0.5) is 17.6 Å². The van der Waals surface area contributed by atoms with Gasteiger partial charge in [-0.15, -0.1) is 0 Å². The van der Waals surface area contributed by atoms with Crippen molar-refractivity contribution >= 4 is 16.9 Å². The number of rotatable bonds is 4. The summed E-state index contributed by atoms with van der Waals surface area (Å²) in [5, 5.41) is 0.780. The molecule has 0 saturated carbocycles. The molecular weight excluding hydrogens is 386 g/mol. The molecule has 0 fully saturated rings. The van der Waals surface area contributed by atoms with Crippen LogP contribution in [0.15, 0.2) is 42.5 Å². The lowest BCUT2D eigenvalue weighted by atomic mass is 10.1. The maximum absolute atomic E-state index is 14.2. The van der Waals surface area contributed by atoms with Gasteiger partial charge in [0.1, 0.15) is 5.82 Å². The number of halogens is 4. The summed E-state index contributed by atoms with van der Waals surface area (Å²) in [4.78, 5) is 11.7. The molecule has 0 aliphatic rings. The number of benzene rings is 2. The van der Waals surface area contributed by atoms with E-state index in [0.717, 1.165) is 28.7 Å². The number of ether oxygens (including phenoxy) is 1. The Balaban J connectivity index is 0.00000145. The van der Waals surface area contributed by atoms with Gasteiger partial charge in [-0.25, -0.2) is 9.18 Å². The fourth-order valence-corrected chi connectivity index (χ4v) is 3.15. The lowest BCUT2D eigenvalue weighted by molar-refractivity contribution is -0.137. The number of carbonyl (C=O) groups excluding carboxylic acids is 1. The first kappa shape index (κ1) is 22.5. The third-order valence-electron chi connectivity index (χ3n) is 4.48. The number of methoxy groups -OCH3 is 1. The van der Waals surface area contributed by atoms with Crippen LogP contribution in [0.1, 0.15) is 48.0 Å². The summed E-state index contributed by atoms with van der Waals surface area (Å²) in [5.41, 5.74) is 1.15. The number of hydrogen-bond acceptors (Lipinski definition) is 2. The summed E-state index contributed by atoms with van der Waals surface area (Å²) in [5.74, 6) is -1.36. The van der Waals surface area contributed by atoms with Gasteiger partial charge in [-0.2, -0.15) is 13.2 Å². The average Bonchev–Trinajstić information content (AvgIpc) is 3.05. The average molecular weight is 409 g/mol. The van der Waals surface area contributed by atoms with Crippen molar-refractivity contribution in [3.8, 4) is 0 Å². The minimum Gasteiger partial charge on any atom is -0.465 e. The van der Waals surface area contributed by atoms with Crippen molar-refractivity contribution in [2.75, 3.05) is 7.11 Å². The number of aryl methyl sites for hydroxylation is 1. The first-order valence-corrected chi connectivity index (χ1v) is 9.30. The normalized spacial score (nSPS) is 11.2. The largest absolute Gasteiger partial charge is 0.465 e. The maximum Gasteiger partial charge on any atom is 0.416 e. The van der Waals surface area contributed by atoms with E-state index in [2.05, 4.69) is 0 Å². The minimum absolute atomic E-state index is 0.139. The van der Waals surface area contributed by atoms with E-state index >= 15 is 0 Å². The molecule has 2 aromatic carbocycles. The molecule has 29 heavy (non-hydrogen) atoms. The van der Waals surface area contributed by atoms with Gasteiger partial charge in [-0.05, 0) is 48.9 Å². The van der Waals surface area contributed by atoms with Gasteiger partial charge >= 0.3 is 12.1 Å². The van der Waals surface area contributed by atoms with E-state index in [1.807, 2.05) is 31.4 Å². The Morgan fingerprint density at radius 3 is 2.31 bits per heavy atom. The molecule has 7 heteroatoms. The number of carbonyl (C=O) groups is 1. The van der Waals surface area contributed by atoms with Gasteiger partial charge < -0.3 is 9.30 Å². The Labute approximate surface area is 166 Å². The highest BCUT2D eigenvalue weighted by Crippen LogP contribution is 2.31. The SMILES string of the molecule is CC.CCn1c(Cc2ccc(C(F)(F)F)cc2F)cc2cc(C(=O)OC)ccc21. The van der Waals surface area contributed by atoms with Crippen molar-refractivity contribution in [2.45, 2.75) is 39.9 Å². The molecule has 0 bridgehead atoms. The molecule has 0 saturated heterocycles. The fraction of sp³-hybridized carbons (Fsp3) is 0.318. The molecule has 0 aliphatic heterocycles. The molecule has 3 rings (SSSR count). The van der Waals surface area contributed by atoms with Crippen molar-refractivity contribution in [1.29, 1.82) is 0 Å². The number of hydrogen-bond donors (Lipinski definition) is 0. The molecule has 3 nitrogen and oxygen atoms in total.